The van der Waals surface area contributed by atoms with Crippen LogP contribution in [0.4, 0.5) is 5.69 Å². The molecule has 0 aliphatic heterocycles. The van der Waals surface area contributed by atoms with Crippen molar-refractivity contribution in [2.24, 2.45) is 0 Å². The fourth-order valence-electron chi connectivity index (χ4n) is 1.56. The Morgan fingerprint density at radius 3 is 2.47 bits per heavy atom. The van der Waals surface area contributed by atoms with Gasteiger partial charge in [-0.3, -0.25) is 9.00 Å². The predicted octanol–water partition coefficient (Wildman–Crippen LogP) is 3.28. The molecule has 5 heteroatoms. The summed E-state index contributed by atoms with van der Waals surface area (Å²) < 4.78 is 12.5. The molecule has 2 aromatic rings. The van der Waals surface area contributed by atoms with Crippen LogP contribution in [0.25, 0.3) is 0 Å². The maximum absolute atomic E-state index is 12.0. The Kier molecular flexibility index (Phi) is 4.71. The normalized spacial score (nSPS) is 11.9. The molecule has 98 valence electrons. The van der Waals surface area contributed by atoms with Gasteiger partial charge in [-0.15, -0.1) is 0 Å². The van der Waals surface area contributed by atoms with Gasteiger partial charge < -0.3 is 5.32 Å². The summed E-state index contributed by atoms with van der Waals surface area (Å²) in [6, 6.07) is 14.4. The molecule has 1 atom stereocenters. The summed E-state index contributed by atoms with van der Waals surface area (Å²) in [5.74, 6) is -0.171. The van der Waals surface area contributed by atoms with Crippen molar-refractivity contribution in [1.29, 1.82) is 0 Å². The lowest BCUT2D eigenvalue weighted by Gasteiger charge is -2.06. The second-order valence-electron chi connectivity index (χ2n) is 3.94. The van der Waals surface area contributed by atoms with Crippen LogP contribution in [0.5, 0.6) is 0 Å². The lowest BCUT2D eigenvalue weighted by atomic mass is 10.2. The van der Waals surface area contributed by atoms with Gasteiger partial charge in [-0.25, -0.2) is 0 Å². The van der Waals surface area contributed by atoms with Gasteiger partial charge >= 0.3 is 0 Å². The summed E-state index contributed by atoms with van der Waals surface area (Å²) in [6.07, 6.45) is 1.61. The van der Waals surface area contributed by atoms with Crippen molar-refractivity contribution in [3.05, 3.63) is 57.7 Å². The molecule has 2 aromatic carbocycles. The minimum atomic E-state index is -1.05. The van der Waals surface area contributed by atoms with Crippen LogP contribution in [0.2, 0.25) is 0 Å². The number of hydrogen-bond acceptors (Lipinski definition) is 2. The van der Waals surface area contributed by atoms with Gasteiger partial charge in [-0.05, 0) is 65.1 Å². The van der Waals surface area contributed by atoms with Crippen molar-refractivity contribution in [2.75, 3.05) is 11.6 Å². The van der Waals surface area contributed by atoms with Gasteiger partial charge in [-0.1, -0.05) is 6.07 Å². The number of amides is 1. The van der Waals surface area contributed by atoms with Crippen LogP contribution in [0, 0.1) is 3.57 Å². The van der Waals surface area contributed by atoms with E-state index in [1.165, 1.54) is 0 Å². The molecular weight excluding hydrogens is 373 g/mol. The molecule has 0 aliphatic rings. The lowest BCUT2D eigenvalue weighted by molar-refractivity contribution is 0.102. The van der Waals surface area contributed by atoms with Crippen molar-refractivity contribution < 1.29 is 9.00 Å². The Hall–Kier alpha value is -1.21. The fourth-order valence-corrected chi connectivity index (χ4v) is 2.48. The molecule has 0 saturated carbocycles. The SMILES string of the molecule is CS(=O)c1cccc(NC(=O)c2ccc(I)cc2)c1. The molecule has 1 N–H and O–H groups in total. The first-order valence-corrected chi connectivity index (χ1v) is 8.20. The highest BCUT2D eigenvalue weighted by molar-refractivity contribution is 14.1. The molecule has 1 amide bonds. The largest absolute Gasteiger partial charge is 0.322 e. The van der Waals surface area contributed by atoms with Gasteiger partial charge in [0.2, 0.25) is 0 Å². The molecule has 2 rings (SSSR count). The third-order valence-electron chi connectivity index (χ3n) is 2.53. The number of nitrogens with one attached hydrogen (secondary N) is 1. The summed E-state index contributed by atoms with van der Waals surface area (Å²) in [5.41, 5.74) is 1.25. The molecule has 0 aromatic heterocycles. The van der Waals surface area contributed by atoms with E-state index in [4.69, 9.17) is 0 Å². The fraction of sp³-hybridized carbons (Fsp3) is 0.0714. The number of carbonyl (C=O) groups is 1. The topological polar surface area (TPSA) is 46.2 Å². The molecule has 3 nitrogen and oxygen atoms in total. The Balaban J connectivity index is 2.17. The first-order chi connectivity index (χ1) is 9.06. The highest BCUT2D eigenvalue weighted by Gasteiger charge is 2.06. The second-order valence-corrected chi connectivity index (χ2v) is 6.57. The van der Waals surface area contributed by atoms with Crippen LogP contribution in [0.15, 0.2) is 53.4 Å². The van der Waals surface area contributed by atoms with E-state index >= 15 is 0 Å². The average Bonchev–Trinajstić information content (AvgIpc) is 2.39. The highest BCUT2D eigenvalue weighted by atomic mass is 127. The third kappa shape index (κ3) is 3.87. The van der Waals surface area contributed by atoms with Gasteiger partial charge in [0.15, 0.2) is 0 Å². The Morgan fingerprint density at radius 2 is 1.84 bits per heavy atom. The van der Waals surface area contributed by atoms with Crippen LogP contribution in [0.1, 0.15) is 10.4 Å². The van der Waals surface area contributed by atoms with E-state index in [1.54, 1.807) is 42.7 Å². The predicted molar refractivity (Wildman–Crippen MR) is 85.9 cm³/mol. The molecule has 0 bridgehead atoms. The van der Waals surface area contributed by atoms with E-state index in [2.05, 4.69) is 27.9 Å². The van der Waals surface area contributed by atoms with Crippen molar-refractivity contribution in [3.63, 3.8) is 0 Å². The third-order valence-corrected chi connectivity index (χ3v) is 4.17. The summed E-state index contributed by atoms with van der Waals surface area (Å²) >= 11 is 2.19. The minimum Gasteiger partial charge on any atom is -0.322 e. The Bertz CT molecular complexity index is 626. The molecule has 0 heterocycles. The summed E-state index contributed by atoms with van der Waals surface area (Å²) in [6.45, 7) is 0. The van der Waals surface area contributed by atoms with Gasteiger partial charge in [0.05, 0.1) is 0 Å². The molecule has 0 fully saturated rings. The van der Waals surface area contributed by atoms with Gasteiger partial charge in [0, 0.05) is 36.8 Å². The lowest BCUT2D eigenvalue weighted by Crippen LogP contribution is -2.11. The smallest absolute Gasteiger partial charge is 0.255 e. The van der Waals surface area contributed by atoms with E-state index in [0.717, 1.165) is 3.57 Å². The van der Waals surface area contributed by atoms with Crippen LogP contribution in [-0.2, 0) is 10.8 Å². The van der Waals surface area contributed by atoms with Crippen molar-refractivity contribution in [3.8, 4) is 0 Å². The van der Waals surface area contributed by atoms with Crippen LogP contribution in [0.3, 0.4) is 0 Å². The van der Waals surface area contributed by atoms with Gasteiger partial charge in [0.25, 0.3) is 5.91 Å². The maximum atomic E-state index is 12.0. The standard InChI is InChI=1S/C14H12INO2S/c1-19(18)13-4-2-3-12(9-13)16-14(17)10-5-7-11(15)8-6-10/h2-9H,1H3,(H,16,17). The van der Waals surface area contributed by atoms with E-state index in [1.807, 2.05) is 12.1 Å². The summed E-state index contributed by atoms with van der Waals surface area (Å²) in [7, 11) is -1.05. The van der Waals surface area contributed by atoms with Crippen molar-refractivity contribution >= 4 is 45.0 Å². The zero-order valence-corrected chi connectivity index (χ0v) is 13.2. The number of halogens is 1. The summed E-state index contributed by atoms with van der Waals surface area (Å²) in [4.78, 5) is 12.7. The van der Waals surface area contributed by atoms with Crippen LogP contribution in [-0.4, -0.2) is 16.4 Å². The Morgan fingerprint density at radius 1 is 1.16 bits per heavy atom. The highest BCUT2D eigenvalue weighted by Crippen LogP contribution is 2.15. The van der Waals surface area contributed by atoms with Gasteiger partial charge in [-0.2, -0.15) is 0 Å². The first kappa shape index (κ1) is 14.2. The molecule has 0 aliphatic carbocycles. The Labute approximate surface area is 128 Å². The number of anilines is 1. The van der Waals surface area contributed by atoms with E-state index in [0.29, 0.717) is 16.1 Å². The second kappa shape index (κ2) is 6.29. The molecular formula is C14H12INO2S. The van der Waals surface area contributed by atoms with E-state index in [-0.39, 0.29) is 5.91 Å². The van der Waals surface area contributed by atoms with Crippen LogP contribution < -0.4 is 5.32 Å². The van der Waals surface area contributed by atoms with Gasteiger partial charge in [0.1, 0.15) is 0 Å². The number of carbonyl (C=O) groups excluding carboxylic acids is 1. The average molecular weight is 385 g/mol. The number of benzene rings is 2. The maximum Gasteiger partial charge on any atom is 0.255 e. The molecule has 0 saturated heterocycles. The molecule has 19 heavy (non-hydrogen) atoms. The first-order valence-electron chi connectivity index (χ1n) is 5.56. The monoisotopic (exact) mass is 385 g/mol. The number of rotatable bonds is 3. The molecule has 0 radical (unpaired) electrons. The van der Waals surface area contributed by atoms with Crippen molar-refractivity contribution in [2.45, 2.75) is 4.90 Å². The van der Waals surface area contributed by atoms with Crippen molar-refractivity contribution in [1.82, 2.24) is 0 Å². The van der Waals surface area contributed by atoms with E-state index in [9.17, 15) is 9.00 Å². The van der Waals surface area contributed by atoms with Crippen LogP contribution >= 0.6 is 22.6 Å². The zero-order valence-electron chi connectivity index (χ0n) is 10.2. The number of hydrogen-bond donors (Lipinski definition) is 1. The zero-order chi connectivity index (χ0) is 13.8. The van der Waals surface area contributed by atoms with E-state index < -0.39 is 10.8 Å². The molecule has 0 spiro atoms. The minimum absolute atomic E-state index is 0.171. The molecule has 1 unspecified atom stereocenters. The quantitative estimate of drug-likeness (QED) is 0.825. The summed E-state index contributed by atoms with van der Waals surface area (Å²) in [5, 5.41) is 2.80.